The first kappa shape index (κ1) is 24.1. The molecule has 0 radical (unpaired) electrons. The molecule has 1 N–H and O–H groups in total. The lowest BCUT2D eigenvalue weighted by molar-refractivity contribution is 0.233. The monoisotopic (exact) mass is 474 g/mol. The van der Waals surface area contributed by atoms with Gasteiger partial charge in [0.25, 0.3) is 10.0 Å². The Balaban J connectivity index is 1.77. The zero-order valence-corrected chi connectivity index (χ0v) is 19.5. The Morgan fingerprint density at radius 1 is 0.906 bits per heavy atom. The maximum Gasteiger partial charge on any atom is 0.264 e. The Bertz CT molecular complexity index is 1090. The molecule has 32 heavy (non-hydrogen) atoms. The summed E-state index contributed by atoms with van der Waals surface area (Å²) in [5, 5.41) is 10.1. The quantitative estimate of drug-likeness (QED) is 0.454. The molecule has 0 bridgehead atoms. The number of rotatable bonds is 11. The molecule has 0 saturated carbocycles. The standard InChI is InChI=1S/C24H27ClN2O4S/c1-26(16-18-31-22-8-3-2-4-9-22)19-20-7-5-6-10-24(20)27(15-17-28)32(29,30)23-13-11-21(25)12-14-23/h2-14,28H,15-19H2,1H3. The molecule has 0 spiro atoms. The number of halogens is 1. The van der Waals surface area contributed by atoms with Crippen LogP contribution in [0.1, 0.15) is 5.56 Å². The van der Waals surface area contributed by atoms with E-state index in [9.17, 15) is 13.5 Å². The molecular formula is C24H27ClN2O4S. The predicted octanol–water partition coefficient (Wildman–Crippen LogP) is 4.04. The second-order valence-electron chi connectivity index (χ2n) is 7.28. The summed E-state index contributed by atoms with van der Waals surface area (Å²) >= 11 is 5.92. The highest BCUT2D eigenvalue weighted by atomic mass is 35.5. The van der Waals surface area contributed by atoms with Crippen molar-refractivity contribution in [1.29, 1.82) is 0 Å². The number of ether oxygens (including phenoxy) is 1. The molecule has 3 aromatic rings. The zero-order valence-electron chi connectivity index (χ0n) is 17.9. The molecule has 0 aliphatic heterocycles. The summed E-state index contributed by atoms with van der Waals surface area (Å²) in [6.45, 7) is 1.33. The molecule has 8 heteroatoms. The van der Waals surface area contributed by atoms with Crippen LogP contribution >= 0.6 is 11.6 Å². The molecule has 170 valence electrons. The van der Waals surface area contributed by atoms with Gasteiger partial charge in [0.2, 0.25) is 0 Å². The molecule has 0 atom stereocenters. The number of aliphatic hydroxyl groups excluding tert-OH is 1. The van der Waals surface area contributed by atoms with E-state index in [1.807, 2.05) is 49.5 Å². The second-order valence-corrected chi connectivity index (χ2v) is 9.58. The van der Waals surface area contributed by atoms with Crippen molar-refractivity contribution < 1.29 is 18.3 Å². The van der Waals surface area contributed by atoms with E-state index in [0.29, 0.717) is 30.4 Å². The van der Waals surface area contributed by atoms with Crippen molar-refractivity contribution in [3.8, 4) is 5.75 Å². The number of anilines is 1. The van der Waals surface area contributed by atoms with Crippen LogP contribution in [0.25, 0.3) is 0 Å². The number of likely N-dealkylation sites (N-methyl/N-ethyl adjacent to an activating group) is 1. The highest BCUT2D eigenvalue weighted by Crippen LogP contribution is 2.28. The fraction of sp³-hybridized carbons (Fsp3) is 0.250. The number of para-hydroxylation sites is 2. The van der Waals surface area contributed by atoms with Crippen molar-refractivity contribution >= 4 is 27.3 Å². The minimum Gasteiger partial charge on any atom is -0.492 e. The van der Waals surface area contributed by atoms with Gasteiger partial charge in [-0.2, -0.15) is 0 Å². The largest absolute Gasteiger partial charge is 0.492 e. The molecule has 0 fully saturated rings. The Morgan fingerprint density at radius 3 is 2.25 bits per heavy atom. The van der Waals surface area contributed by atoms with Crippen LogP contribution in [0.3, 0.4) is 0 Å². The Hall–Kier alpha value is -2.58. The van der Waals surface area contributed by atoms with Crippen molar-refractivity contribution in [3.63, 3.8) is 0 Å². The summed E-state index contributed by atoms with van der Waals surface area (Å²) in [6, 6.07) is 22.9. The summed E-state index contributed by atoms with van der Waals surface area (Å²) < 4.78 is 33.7. The first-order valence-electron chi connectivity index (χ1n) is 10.3. The van der Waals surface area contributed by atoms with Gasteiger partial charge in [-0.05, 0) is 55.1 Å². The zero-order chi connectivity index (χ0) is 23.0. The third kappa shape index (κ3) is 6.23. The van der Waals surface area contributed by atoms with Crippen LogP contribution in [0.2, 0.25) is 5.02 Å². The van der Waals surface area contributed by atoms with E-state index < -0.39 is 10.0 Å². The van der Waals surface area contributed by atoms with Crippen LogP contribution in [0.4, 0.5) is 5.69 Å². The number of nitrogens with zero attached hydrogens (tertiary/aromatic N) is 2. The SMILES string of the molecule is CN(CCOc1ccccc1)Cc1ccccc1N(CCO)S(=O)(=O)c1ccc(Cl)cc1. The summed E-state index contributed by atoms with van der Waals surface area (Å²) in [6.07, 6.45) is 0. The molecule has 0 aliphatic rings. The van der Waals surface area contributed by atoms with Crippen molar-refractivity contribution in [2.24, 2.45) is 0 Å². The van der Waals surface area contributed by atoms with Gasteiger partial charge in [0.05, 0.1) is 23.7 Å². The van der Waals surface area contributed by atoms with Gasteiger partial charge in [0, 0.05) is 18.1 Å². The van der Waals surface area contributed by atoms with Crippen LogP contribution in [0.15, 0.2) is 83.8 Å². The molecule has 0 aliphatic carbocycles. The fourth-order valence-electron chi connectivity index (χ4n) is 3.29. The summed E-state index contributed by atoms with van der Waals surface area (Å²) in [4.78, 5) is 2.18. The minimum atomic E-state index is -3.87. The maximum atomic E-state index is 13.3. The van der Waals surface area contributed by atoms with Crippen molar-refractivity contribution in [2.45, 2.75) is 11.4 Å². The highest BCUT2D eigenvalue weighted by molar-refractivity contribution is 7.92. The summed E-state index contributed by atoms with van der Waals surface area (Å²) in [5.74, 6) is 0.810. The van der Waals surface area contributed by atoms with E-state index >= 15 is 0 Å². The van der Waals surface area contributed by atoms with E-state index in [4.69, 9.17) is 16.3 Å². The molecule has 6 nitrogen and oxygen atoms in total. The molecule has 0 aromatic heterocycles. The lowest BCUT2D eigenvalue weighted by Gasteiger charge is -2.27. The average molecular weight is 475 g/mol. The maximum absolute atomic E-state index is 13.3. The van der Waals surface area contributed by atoms with E-state index in [1.165, 1.54) is 28.6 Å². The number of sulfonamides is 1. The van der Waals surface area contributed by atoms with E-state index in [1.54, 1.807) is 12.1 Å². The van der Waals surface area contributed by atoms with Crippen molar-refractivity contribution in [1.82, 2.24) is 4.90 Å². The molecule has 0 unspecified atom stereocenters. The third-order valence-corrected chi connectivity index (χ3v) is 6.97. The number of hydrogen-bond acceptors (Lipinski definition) is 5. The summed E-state index contributed by atoms with van der Waals surface area (Å²) in [5.41, 5.74) is 1.37. The molecule has 3 rings (SSSR count). The van der Waals surface area contributed by atoms with Crippen LogP contribution in [-0.2, 0) is 16.6 Å². The Kier molecular flexibility index (Phi) is 8.53. The molecule has 0 saturated heterocycles. The first-order valence-corrected chi connectivity index (χ1v) is 12.1. The number of hydrogen-bond donors (Lipinski definition) is 1. The van der Waals surface area contributed by atoms with Gasteiger partial charge >= 0.3 is 0 Å². The average Bonchev–Trinajstić information content (AvgIpc) is 2.79. The van der Waals surface area contributed by atoms with Gasteiger partial charge < -0.3 is 9.84 Å². The highest BCUT2D eigenvalue weighted by Gasteiger charge is 2.26. The van der Waals surface area contributed by atoms with Crippen molar-refractivity contribution in [2.75, 3.05) is 37.7 Å². The van der Waals surface area contributed by atoms with Gasteiger partial charge in [-0.25, -0.2) is 8.42 Å². The fourth-order valence-corrected chi connectivity index (χ4v) is 4.91. The lowest BCUT2D eigenvalue weighted by atomic mass is 10.1. The normalized spacial score (nSPS) is 11.5. The lowest BCUT2D eigenvalue weighted by Crippen LogP contribution is -2.35. The Labute approximate surface area is 194 Å². The number of benzene rings is 3. The van der Waals surface area contributed by atoms with Gasteiger partial charge in [0.1, 0.15) is 12.4 Å². The smallest absolute Gasteiger partial charge is 0.264 e. The van der Waals surface area contributed by atoms with Gasteiger partial charge in [0.15, 0.2) is 0 Å². The van der Waals surface area contributed by atoms with Crippen molar-refractivity contribution in [3.05, 3.63) is 89.4 Å². The summed E-state index contributed by atoms with van der Waals surface area (Å²) in [7, 11) is -1.92. The van der Waals surface area contributed by atoms with E-state index in [-0.39, 0.29) is 18.0 Å². The topological polar surface area (TPSA) is 70.1 Å². The van der Waals surface area contributed by atoms with Gasteiger partial charge in [-0.1, -0.05) is 48.0 Å². The van der Waals surface area contributed by atoms with Crippen LogP contribution in [-0.4, -0.2) is 51.8 Å². The van der Waals surface area contributed by atoms with Crippen LogP contribution in [0, 0.1) is 0 Å². The molecule has 0 heterocycles. The predicted molar refractivity (Wildman–Crippen MR) is 128 cm³/mol. The van der Waals surface area contributed by atoms with E-state index in [0.717, 1.165) is 11.3 Å². The molecule has 3 aromatic carbocycles. The molecule has 0 amide bonds. The second kappa shape index (κ2) is 11.3. The van der Waals surface area contributed by atoms with Gasteiger partial charge in [-0.15, -0.1) is 0 Å². The first-order chi connectivity index (χ1) is 15.4. The minimum absolute atomic E-state index is 0.0528. The molecular weight excluding hydrogens is 448 g/mol. The van der Waals surface area contributed by atoms with E-state index in [2.05, 4.69) is 4.90 Å². The van der Waals surface area contributed by atoms with Gasteiger partial charge in [-0.3, -0.25) is 9.21 Å². The number of aliphatic hydroxyl groups is 1. The van der Waals surface area contributed by atoms with Crippen LogP contribution < -0.4 is 9.04 Å². The van der Waals surface area contributed by atoms with Crippen LogP contribution in [0.5, 0.6) is 5.75 Å². The Morgan fingerprint density at radius 2 is 1.56 bits per heavy atom. The third-order valence-electron chi connectivity index (χ3n) is 4.89.